The number of hydrogen-bond donors (Lipinski definition) is 3. The predicted octanol–water partition coefficient (Wildman–Crippen LogP) is 1.56. The SMILES string of the molecule is C=N/C=C\N=C1C=CC(CNC2=C(N3CCNC(C)(C)C3)NCN=C2)=CC1. The van der Waals surface area contributed by atoms with Crippen molar-refractivity contribution in [2.75, 3.05) is 32.8 Å². The minimum absolute atomic E-state index is 0.104. The van der Waals surface area contributed by atoms with Gasteiger partial charge in [-0.1, -0.05) is 12.2 Å². The topological polar surface area (TPSA) is 76.4 Å². The average Bonchev–Trinajstić information content (AvgIpc) is 2.67. The van der Waals surface area contributed by atoms with Crippen LogP contribution >= 0.6 is 0 Å². The molecule has 0 spiro atoms. The highest BCUT2D eigenvalue weighted by Gasteiger charge is 2.28. The maximum atomic E-state index is 4.38. The van der Waals surface area contributed by atoms with Crippen LogP contribution in [0.25, 0.3) is 0 Å². The largest absolute Gasteiger partial charge is 0.377 e. The first-order valence-electron chi connectivity index (χ1n) is 9.34. The Kier molecular flexibility index (Phi) is 6.24. The summed E-state index contributed by atoms with van der Waals surface area (Å²) in [6.45, 7) is 12.2. The molecule has 3 N–H and O–H groups in total. The van der Waals surface area contributed by atoms with E-state index < -0.39 is 0 Å². The Labute approximate surface area is 161 Å². The van der Waals surface area contributed by atoms with E-state index in [1.807, 2.05) is 12.3 Å². The van der Waals surface area contributed by atoms with Crippen molar-refractivity contribution >= 4 is 18.6 Å². The number of nitrogens with one attached hydrogen (secondary N) is 3. The lowest BCUT2D eigenvalue weighted by Crippen LogP contribution is -2.58. The van der Waals surface area contributed by atoms with Crippen molar-refractivity contribution in [3.05, 3.63) is 47.7 Å². The van der Waals surface area contributed by atoms with Crippen LogP contribution in [0.4, 0.5) is 0 Å². The Hall–Kier alpha value is -2.67. The van der Waals surface area contributed by atoms with Gasteiger partial charge in [-0.25, -0.2) is 0 Å². The molecule has 0 saturated carbocycles. The van der Waals surface area contributed by atoms with Gasteiger partial charge in [-0.15, -0.1) is 0 Å². The van der Waals surface area contributed by atoms with Crippen LogP contribution in [0.3, 0.4) is 0 Å². The molecule has 0 unspecified atom stereocenters. The first-order chi connectivity index (χ1) is 13.1. The molecule has 0 radical (unpaired) electrons. The van der Waals surface area contributed by atoms with Gasteiger partial charge in [0.25, 0.3) is 0 Å². The summed E-state index contributed by atoms with van der Waals surface area (Å²) in [7, 11) is 0. The Morgan fingerprint density at radius 1 is 1.37 bits per heavy atom. The lowest BCUT2D eigenvalue weighted by atomic mass is 10.0. The molecule has 0 amide bonds. The van der Waals surface area contributed by atoms with Crippen LogP contribution in [0.5, 0.6) is 0 Å². The van der Waals surface area contributed by atoms with Gasteiger partial charge in [0.15, 0.2) is 0 Å². The molecule has 0 atom stereocenters. The van der Waals surface area contributed by atoms with E-state index in [0.717, 1.165) is 49.8 Å². The summed E-state index contributed by atoms with van der Waals surface area (Å²) in [5.74, 6) is 1.14. The Morgan fingerprint density at radius 2 is 2.26 bits per heavy atom. The van der Waals surface area contributed by atoms with Gasteiger partial charge >= 0.3 is 0 Å². The summed E-state index contributed by atoms with van der Waals surface area (Å²) in [6.07, 6.45) is 12.4. The zero-order valence-electron chi connectivity index (χ0n) is 16.2. The van der Waals surface area contributed by atoms with Crippen molar-refractivity contribution in [1.29, 1.82) is 0 Å². The van der Waals surface area contributed by atoms with Crippen LogP contribution in [0, 0.1) is 0 Å². The van der Waals surface area contributed by atoms with Crippen molar-refractivity contribution < 1.29 is 0 Å². The minimum Gasteiger partial charge on any atom is -0.377 e. The van der Waals surface area contributed by atoms with Crippen molar-refractivity contribution in [2.24, 2.45) is 15.0 Å². The molecule has 1 aliphatic carbocycles. The second-order valence-electron chi connectivity index (χ2n) is 7.41. The van der Waals surface area contributed by atoms with Gasteiger partial charge < -0.3 is 20.9 Å². The second kappa shape index (κ2) is 8.81. The van der Waals surface area contributed by atoms with Gasteiger partial charge in [-0.3, -0.25) is 15.0 Å². The molecule has 7 heteroatoms. The molecule has 0 aromatic heterocycles. The Morgan fingerprint density at radius 3 is 3.00 bits per heavy atom. The van der Waals surface area contributed by atoms with Crippen LogP contribution in [0.2, 0.25) is 0 Å². The number of allylic oxidation sites excluding steroid dienone is 3. The van der Waals surface area contributed by atoms with Gasteiger partial charge in [0.1, 0.15) is 12.5 Å². The molecule has 144 valence electrons. The standard InChI is InChI=1S/C20H29N7/c1-20(2)14-27(11-10-26-20)19-18(13-22-15-25-19)24-12-16-4-6-17(7-5-16)23-9-8-21-3/h4-6,8-9,13,24-26H,3,7,10-12,14-15H2,1-2H3/b9-8-,23-17?. The molecule has 1 saturated heterocycles. The maximum Gasteiger partial charge on any atom is 0.128 e. The fourth-order valence-corrected chi connectivity index (χ4v) is 3.33. The minimum atomic E-state index is 0.104. The summed E-state index contributed by atoms with van der Waals surface area (Å²) in [5, 5.41) is 10.5. The molecule has 7 nitrogen and oxygen atoms in total. The molecule has 0 aromatic rings. The monoisotopic (exact) mass is 367 g/mol. The van der Waals surface area contributed by atoms with Crippen LogP contribution in [0.15, 0.2) is 62.7 Å². The van der Waals surface area contributed by atoms with Gasteiger partial charge in [0, 0.05) is 56.3 Å². The maximum absolute atomic E-state index is 4.38. The van der Waals surface area contributed by atoms with E-state index in [2.05, 4.69) is 68.5 Å². The number of nitrogens with zero attached hydrogens (tertiary/aromatic N) is 4. The third-order valence-corrected chi connectivity index (χ3v) is 4.66. The van der Waals surface area contributed by atoms with Gasteiger partial charge in [0.05, 0.1) is 11.9 Å². The van der Waals surface area contributed by atoms with Crippen molar-refractivity contribution in [3.8, 4) is 0 Å². The Balaban J connectivity index is 1.62. The zero-order chi connectivity index (χ0) is 19.1. The highest BCUT2D eigenvalue weighted by atomic mass is 15.3. The summed E-state index contributed by atoms with van der Waals surface area (Å²) in [4.78, 5) is 14.8. The number of aliphatic imine (C=N–C) groups is 3. The highest BCUT2D eigenvalue weighted by molar-refractivity contribution is 5.98. The predicted molar refractivity (Wildman–Crippen MR) is 113 cm³/mol. The van der Waals surface area contributed by atoms with Crippen LogP contribution in [-0.4, -0.2) is 61.9 Å². The van der Waals surface area contributed by atoms with E-state index in [1.54, 1.807) is 12.4 Å². The smallest absolute Gasteiger partial charge is 0.128 e. The van der Waals surface area contributed by atoms with E-state index in [0.29, 0.717) is 6.67 Å². The Bertz CT molecular complexity index is 737. The quantitative estimate of drug-likeness (QED) is 0.623. The summed E-state index contributed by atoms with van der Waals surface area (Å²) in [5.41, 5.74) is 3.41. The molecule has 0 aromatic carbocycles. The third-order valence-electron chi connectivity index (χ3n) is 4.66. The van der Waals surface area contributed by atoms with Crippen molar-refractivity contribution in [1.82, 2.24) is 20.9 Å². The summed E-state index contributed by atoms with van der Waals surface area (Å²) in [6, 6.07) is 0. The van der Waals surface area contributed by atoms with Crippen molar-refractivity contribution in [2.45, 2.75) is 25.8 Å². The molecular weight excluding hydrogens is 338 g/mol. The van der Waals surface area contributed by atoms with E-state index >= 15 is 0 Å². The summed E-state index contributed by atoms with van der Waals surface area (Å²) < 4.78 is 0. The van der Waals surface area contributed by atoms with Crippen molar-refractivity contribution in [3.63, 3.8) is 0 Å². The van der Waals surface area contributed by atoms with E-state index in [1.165, 1.54) is 5.57 Å². The molecule has 2 aliphatic heterocycles. The first-order valence-corrected chi connectivity index (χ1v) is 9.34. The van der Waals surface area contributed by atoms with E-state index in [4.69, 9.17) is 0 Å². The molecule has 27 heavy (non-hydrogen) atoms. The molecule has 2 heterocycles. The number of rotatable bonds is 6. The van der Waals surface area contributed by atoms with Gasteiger partial charge in [-0.2, -0.15) is 0 Å². The van der Waals surface area contributed by atoms with E-state index in [9.17, 15) is 0 Å². The fourth-order valence-electron chi connectivity index (χ4n) is 3.33. The van der Waals surface area contributed by atoms with Crippen LogP contribution in [-0.2, 0) is 0 Å². The number of hydrogen-bond acceptors (Lipinski definition) is 7. The third kappa shape index (κ3) is 5.40. The number of piperazine rings is 1. The lowest BCUT2D eigenvalue weighted by Gasteiger charge is -2.42. The summed E-state index contributed by atoms with van der Waals surface area (Å²) >= 11 is 0. The average molecular weight is 368 g/mol. The molecule has 3 aliphatic rings. The van der Waals surface area contributed by atoms with E-state index in [-0.39, 0.29) is 5.54 Å². The fraction of sp³-hybridized carbons (Fsp3) is 0.450. The van der Waals surface area contributed by atoms with Gasteiger partial charge in [0.2, 0.25) is 0 Å². The highest BCUT2D eigenvalue weighted by Crippen LogP contribution is 2.17. The van der Waals surface area contributed by atoms with Crippen LogP contribution < -0.4 is 16.0 Å². The molecule has 3 rings (SSSR count). The first kappa shape index (κ1) is 19.1. The second-order valence-corrected chi connectivity index (χ2v) is 7.41. The normalized spacial score (nSPS) is 23.6. The molecular formula is C20H29N7. The molecule has 0 bridgehead atoms. The van der Waals surface area contributed by atoms with Gasteiger partial charge in [-0.05, 0) is 32.2 Å². The lowest BCUT2D eigenvalue weighted by molar-refractivity contribution is 0.180. The molecule has 1 fully saturated rings. The zero-order valence-corrected chi connectivity index (χ0v) is 16.2. The van der Waals surface area contributed by atoms with Crippen LogP contribution in [0.1, 0.15) is 20.3 Å².